The lowest BCUT2D eigenvalue weighted by molar-refractivity contribution is 0.0604. The van der Waals surface area contributed by atoms with Gasteiger partial charge in [0.1, 0.15) is 0 Å². The second-order valence-electron chi connectivity index (χ2n) is 3.42. The van der Waals surface area contributed by atoms with Gasteiger partial charge in [0.2, 0.25) is 0 Å². The van der Waals surface area contributed by atoms with Gasteiger partial charge < -0.3 is 14.2 Å². The Hall–Kier alpha value is 0.580. The third kappa shape index (κ3) is 9.78. The van der Waals surface area contributed by atoms with E-state index in [0.717, 1.165) is 63.3 Å². The molecule has 0 saturated carbocycles. The summed E-state index contributed by atoms with van der Waals surface area (Å²) >= 11 is 3.83. The monoisotopic (exact) mass is 266 g/mol. The lowest BCUT2D eigenvalue weighted by Gasteiger charge is -2.08. The van der Waals surface area contributed by atoms with Crippen LogP contribution < -0.4 is 0 Å². The topological polar surface area (TPSA) is 27.7 Å². The number of ether oxygens (including phenoxy) is 3. The van der Waals surface area contributed by atoms with E-state index in [1.54, 1.807) is 0 Å². The van der Waals surface area contributed by atoms with Gasteiger partial charge >= 0.3 is 0 Å². The molecule has 1 fully saturated rings. The fourth-order valence-corrected chi connectivity index (χ4v) is 2.68. The van der Waals surface area contributed by atoms with Gasteiger partial charge in [0, 0.05) is 23.9 Å². The highest BCUT2D eigenvalue weighted by Gasteiger charge is 1.96. The highest BCUT2D eigenvalue weighted by Crippen LogP contribution is 2.04. The van der Waals surface area contributed by atoms with Gasteiger partial charge in [0.05, 0.1) is 33.0 Å². The standard InChI is InChI=1S/C11H22O3S2/c1-2-12-5-10-16-11-7-14-4-3-13-6-9-15-8-1/h1-11H2. The van der Waals surface area contributed by atoms with Crippen LogP contribution in [0.2, 0.25) is 0 Å². The maximum absolute atomic E-state index is 5.53. The molecule has 1 saturated heterocycles. The van der Waals surface area contributed by atoms with Crippen molar-refractivity contribution in [3.8, 4) is 0 Å². The number of hydrogen-bond donors (Lipinski definition) is 0. The van der Waals surface area contributed by atoms with Crippen molar-refractivity contribution in [2.75, 3.05) is 62.7 Å². The first-order valence-electron chi connectivity index (χ1n) is 5.89. The molecule has 1 heterocycles. The van der Waals surface area contributed by atoms with Gasteiger partial charge in [0.25, 0.3) is 0 Å². The number of rotatable bonds is 0. The SMILES string of the molecule is C1COCCSCCOCCOCCSC1. The average Bonchev–Trinajstić information content (AvgIpc) is 2.29. The fraction of sp³-hybridized carbons (Fsp3) is 1.00. The van der Waals surface area contributed by atoms with Crippen molar-refractivity contribution >= 4 is 23.5 Å². The summed E-state index contributed by atoms with van der Waals surface area (Å²) in [7, 11) is 0. The van der Waals surface area contributed by atoms with E-state index in [1.807, 2.05) is 23.5 Å². The zero-order chi connectivity index (χ0) is 11.3. The molecule has 1 aliphatic rings. The Labute approximate surface area is 107 Å². The molecule has 0 aromatic rings. The molecule has 0 aromatic carbocycles. The van der Waals surface area contributed by atoms with Crippen molar-refractivity contribution in [3.05, 3.63) is 0 Å². The van der Waals surface area contributed by atoms with Crippen LogP contribution in [0.5, 0.6) is 0 Å². The third-order valence-corrected chi connectivity index (χ3v) is 4.01. The molecule has 0 spiro atoms. The van der Waals surface area contributed by atoms with Crippen molar-refractivity contribution in [3.63, 3.8) is 0 Å². The summed E-state index contributed by atoms with van der Waals surface area (Å²) in [6.45, 7) is 4.88. The molecular formula is C11H22O3S2. The molecule has 0 aliphatic carbocycles. The van der Waals surface area contributed by atoms with E-state index in [1.165, 1.54) is 5.75 Å². The van der Waals surface area contributed by atoms with Gasteiger partial charge in [-0.3, -0.25) is 0 Å². The van der Waals surface area contributed by atoms with Gasteiger partial charge in [-0.25, -0.2) is 0 Å². The van der Waals surface area contributed by atoms with Crippen LogP contribution in [0.1, 0.15) is 6.42 Å². The van der Waals surface area contributed by atoms with Gasteiger partial charge in [0.15, 0.2) is 0 Å². The Morgan fingerprint density at radius 2 is 1.00 bits per heavy atom. The van der Waals surface area contributed by atoms with Crippen LogP contribution in [0, 0.1) is 0 Å². The number of thioether (sulfide) groups is 2. The minimum atomic E-state index is 0.724. The Bertz CT molecular complexity index is 83.2. The molecule has 1 aliphatic heterocycles. The number of hydrogen-bond acceptors (Lipinski definition) is 5. The molecule has 1 rings (SSSR count). The van der Waals surface area contributed by atoms with Crippen molar-refractivity contribution in [1.29, 1.82) is 0 Å². The van der Waals surface area contributed by atoms with Crippen LogP contribution in [-0.2, 0) is 14.2 Å². The first-order chi connectivity index (χ1) is 8.00. The molecule has 96 valence electrons. The molecule has 0 aromatic heterocycles. The summed E-state index contributed by atoms with van der Waals surface area (Å²) in [4.78, 5) is 0. The van der Waals surface area contributed by atoms with E-state index in [0.29, 0.717) is 0 Å². The second kappa shape index (κ2) is 12.0. The molecular weight excluding hydrogens is 244 g/mol. The van der Waals surface area contributed by atoms with E-state index in [2.05, 4.69) is 0 Å². The minimum absolute atomic E-state index is 0.724. The van der Waals surface area contributed by atoms with Crippen molar-refractivity contribution in [1.82, 2.24) is 0 Å². The van der Waals surface area contributed by atoms with Crippen LogP contribution >= 0.6 is 23.5 Å². The molecule has 16 heavy (non-hydrogen) atoms. The summed E-state index contributed by atoms with van der Waals surface area (Å²) in [6.07, 6.45) is 1.15. The Morgan fingerprint density at radius 1 is 0.500 bits per heavy atom. The Balaban J connectivity index is 2.00. The predicted octanol–water partition coefficient (Wildman–Crippen LogP) is 1.91. The van der Waals surface area contributed by atoms with E-state index in [-0.39, 0.29) is 0 Å². The molecule has 0 amide bonds. The van der Waals surface area contributed by atoms with Crippen LogP contribution in [0.3, 0.4) is 0 Å². The van der Waals surface area contributed by atoms with Crippen LogP contribution in [-0.4, -0.2) is 62.7 Å². The quantitative estimate of drug-likeness (QED) is 0.668. The van der Waals surface area contributed by atoms with Crippen molar-refractivity contribution in [2.24, 2.45) is 0 Å². The molecule has 5 heteroatoms. The lowest BCUT2D eigenvalue weighted by Crippen LogP contribution is -2.09. The average molecular weight is 266 g/mol. The second-order valence-corrected chi connectivity index (χ2v) is 5.86. The molecule has 0 atom stereocenters. The van der Waals surface area contributed by atoms with E-state index < -0.39 is 0 Å². The summed E-state index contributed by atoms with van der Waals surface area (Å²) in [6, 6.07) is 0. The maximum Gasteiger partial charge on any atom is 0.0700 e. The van der Waals surface area contributed by atoms with E-state index in [4.69, 9.17) is 14.2 Å². The van der Waals surface area contributed by atoms with Crippen molar-refractivity contribution < 1.29 is 14.2 Å². The molecule has 3 nitrogen and oxygen atoms in total. The van der Waals surface area contributed by atoms with Crippen LogP contribution in [0.4, 0.5) is 0 Å². The maximum atomic E-state index is 5.53. The van der Waals surface area contributed by atoms with Crippen molar-refractivity contribution in [2.45, 2.75) is 6.42 Å². The Morgan fingerprint density at radius 3 is 1.62 bits per heavy atom. The van der Waals surface area contributed by atoms with Gasteiger partial charge in [-0.2, -0.15) is 23.5 Å². The molecule has 0 unspecified atom stereocenters. The lowest BCUT2D eigenvalue weighted by atomic mass is 10.5. The summed E-state index contributed by atoms with van der Waals surface area (Å²) in [5, 5.41) is 0. The molecule has 0 bridgehead atoms. The van der Waals surface area contributed by atoms with Gasteiger partial charge in [-0.15, -0.1) is 0 Å². The fourth-order valence-electron chi connectivity index (χ4n) is 1.24. The minimum Gasteiger partial charge on any atom is -0.381 e. The highest BCUT2D eigenvalue weighted by molar-refractivity contribution is 7.99. The van der Waals surface area contributed by atoms with E-state index >= 15 is 0 Å². The smallest absolute Gasteiger partial charge is 0.0700 e. The van der Waals surface area contributed by atoms with Crippen LogP contribution in [0.25, 0.3) is 0 Å². The summed E-state index contributed by atoms with van der Waals surface area (Å²) < 4.78 is 16.4. The largest absolute Gasteiger partial charge is 0.381 e. The zero-order valence-electron chi connectivity index (χ0n) is 9.82. The zero-order valence-corrected chi connectivity index (χ0v) is 11.5. The summed E-state index contributed by atoms with van der Waals surface area (Å²) in [5.74, 6) is 4.38. The van der Waals surface area contributed by atoms with Gasteiger partial charge in [-0.1, -0.05) is 0 Å². The Kier molecular flexibility index (Phi) is 11.0. The normalized spacial score (nSPS) is 24.0. The highest BCUT2D eigenvalue weighted by atomic mass is 32.2. The first kappa shape index (κ1) is 14.6. The van der Waals surface area contributed by atoms with Gasteiger partial charge in [-0.05, 0) is 12.2 Å². The predicted molar refractivity (Wildman–Crippen MR) is 71.7 cm³/mol. The molecule has 0 radical (unpaired) electrons. The van der Waals surface area contributed by atoms with E-state index in [9.17, 15) is 0 Å². The third-order valence-electron chi connectivity index (χ3n) is 2.07. The molecule has 0 N–H and O–H groups in total. The van der Waals surface area contributed by atoms with Crippen LogP contribution in [0.15, 0.2) is 0 Å². The first-order valence-corrected chi connectivity index (χ1v) is 8.20. The summed E-state index contributed by atoms with van der Waals surface area (Å²) in [5.41, 5.74) is 0.